The van der Waals surface area contributed by atoms with E-state index in [1.165, 1.54) is 78.1 Å². The summed E-state index contributed by atoms with van der Waals surface area (Å²) in [5.74, 6) is 0. The predicted molar refractivity (Wildman–Crippen MR) is 233 cm³/mol. The van der Waals surface area contributed by atoms with E-state index in [9.17, 15) is 0 Å². The van der Waals surface area contributed by atoms with Crippen molar-refractivity contribution in [1.82, 2.24) is 0 Å². The number of hydrogen-bond donors (Lipinski definition) is 2. The van der Waals surface area contributed by atoms with Crippen molar-refractivity contribution in [2.24, 2.45) is 0 Å². The van der Waals surface area contributed by atoms with Crippen molar-refractivity contribution in [2.45, 2.75) is 111 Å². The molecule has 6 heteroatoms. The van der Waals surface area contributed by atoms with Crippen molar-refractivity contribution in [3.05, 3.63) is 149 Å². The third kappa shape index (κ3) is 13.7. The molecular formula is C46H62Mg2N4+2. The molecule has 0 aliphatic carbocycles. The minimum Gasteiger partial charge on any atom is -1.00 e. The maximum Gasteiger partial charge on any atom is 2.00 e. The van der Waals surface area contributed by atoms with Gasteiger partial charge in [-0.05, 0) is 120 Å². The Balaban J connectivity index is 0. The smallest absolute Gasteiger partial charge is 1.00 e. The molecule has 0 aromatic heterocycles. The molecule has 4 nitrogen and oxygen atoms in total. The van der Waals surface area contributed by atoms with Gasteiger partial charge in [0.15, 0.2) is 11.4 Å². The fourth-order valence-electron chi connectivity index (χ4n) is 6.96. The van der Waals surface area contributed by atoms with E-state index in [1.807, 2.05) is 0 Å². The van der Waals surface area contributed by atoms with Gasteiger partial charge < -0.3 is 13.5 Å². The Bertz CT molecular complexity index is 1790. The van der Waals surface area contributed by atoms with E-state index in [4.69, 9.17) is 10.6 Å². The van der Waals surface area contributed by atoms with E-state index in [0.29, 0.717) is 0 Å². The van der Waals surface area contributed by atoms with Gasteiger partial charge in [0.1, 0.15) is 0 Å². The van der Waals surface area contributed by atoms with Gasteiger partial charge in [0, 0.05) is 36.1 Å². The molecule has 0 aliphatic rings. The average Bonchev–Trinajstić information content (AvgIpc) is 2.97. The van der Waals surface area contributed by atoms with Crippen LogP contribution in [0, 0.1) is 83.1 Å². The zero-order valence-corrected chi connectivity index (χ0v) is 37.9. The van der Waals surface area contributed by atoms with Gasteiger partial charge in [-0.3, -0.25) is 0 Å². The molecule has 268 valence electrons. The molecule has 0 radical (unpaired) electrons. The number of aryl methyl sites for hydroxylation is 12. The Morgan fingerprint density at radius 2 is 0.615 bits per heavy atom. The summed E-state index contributed by atoms with van der Waals surface area (Å²) in [5.41, 5.74) is 23.9. The molecule has 0 bridgehead atoms. The van der Waals surface area contributed by atoms with Crippen LogP contribution in [0.15, 0.2) is 72.1 Å². The quantitative estimate of drug-likeness (QED) is 0.135. The van der Waals surface area contributed by atoms with Gasteiger partial charge in [0.2, 0.25) is 11.4 Å². The molecule has 0 aliphatic heterocycles. The normalized spacial score (nSPS) is 12.0. The predicted octanol–water partition coefficient (Wildman–Crippen LogP) is 10.1. The van der Waals surface area contributed by atoms with Crippen molar-refractivity contribution >= 4 is 80.3 Å². The molecule has 0 amide bonds. The molecule has 0 unspecified atom stereocenters. The third-order valence-corrected chi connectivity index (χ3v) is 8.70. The molecule has 0 spiro atoms. The molecule has 52 heavy (non-hydrogen) atoms. The van der Waals surface area contributed by atoms with Crippen molar-refractivity contribution in [1.29, 1.82) is 0 Å². The molecule has 0 heterocycles. The molecule has 0 atom stereocenters. The van der Waals surface area contributed by atoms with Gasteiger partial charge in [-0.25, -0.2) is 9.98 Å². The van der Waals surface area contributed by atoms with E-state index in [-0.39, 0.29) is 49.0 Å². The summed E-state index contributed by atoms with van der Waals surface area (Å²) >= 11 is 0. The first-order valence-electron chi connectivity index (χ1n) is 17.7. The van der Waals surface area contributed by atoms with Crippen molar-refractivity contribution in [3.8, 4) is 0 Å². The van der Waals surface area contributed by atoms with Crippen LogP contribution in [-0.4, -0.2) is 57.5 Å². The SMILES string of the molecule is CC(/C=C(/C)[N-]c1c(C)cc(C)cc1C)=[NH+]c1c(C)cc(C)cc1C.CC(/C=C(/C)[N-]c1c(C)cc(C)cc1C)=[NH+]c1c(C)cc(C)cc1C.[H-].[H-].[Mg+2].[Mg+2]. The fraction of sp³-hybridized carbons (Fsp3) is 0.348. The average molecular weight is 720 g/mol. The van der Waals surface area contributed by atoms with Crippen LogP contribution >= 0.6 is 0 Å². The topological polar surface area (TPSA) is 56.1 Å². The summed E-state index contributed by atoms with van der Waals surface area (Å²) < 4.78 is 0. The van der Waals surface area contributed by atoms with Crippen LogP contribution in [0.3, 0.4) is 0 Å². The second-order valence-corrected chi connectivity index (χ2v) is 14.5. The first kappa shape index (κ1) is 46.9. The van der Waals surface area contributed by atoms with Crippen LogP contribution in [0.2, 0.25) is 0 Å². The number of nitrogens with one attached hydrogen (secondary N) is 2. The Hall–Kier alpha value is -3.17. The fourth-order valence-corrected chi connectivity index (χ4v) is 6.96. The number of nitrogens with zero attached hydrogens (tertiary/aromatic N) is 2. The second-order valence-electron chi connectivity index (χ2n) is 14.5. The molecular weight excluding hydrogens is 657 g/mol. The molecule has 4 rings (SSSR count). The van der Waals surface area contributed by atoms with Crippen molar-refractivity contribution in [2.75, 3.05) is 0 Å². The molecule has 2 N–H and O–H groups in total. The minimum absolute atomic E-state index is 0. The van der Waals surface area contributed by atoms with Crippen LogP contribution in [-0.2, 0) is 0 Å². The maximum absolute atomic E-state index is 4.84. The van der Waals surface area contributed by atoms with Gasteiger partial charge in [-0.2, -0.15) is 11.4 Å². The third-order valence-electron chi connectivity index (χ3n) is 8.70. The largest absolute Gasteiger partial charge is 2.00 e. The second kappa shape index (κ2) is 20.9. The molecule has 0 fully saturated rings. The van der Waals surface area contributed by atoms with Gasteiger partial charge in [0.25, 0.3) is 0 Å². The summed E-state index contributed by atoms with van der Waals surface area (Å²) in [6.45, 7) is 33.9. The number of benzene rings is 4. The standard InChI is InChI=1S/2C23H29N2.2Mg.2H/c2*1-14-9-16(3)22(17(4)10-14)24-20(7)13-21(8)25-23-18(5)11-15(2)12-19(23)6;;;;/h2*9-13H,1-8H3;;;;/q2*-1;2*+2;2*-1/p+2/b2*20-13-,25-21?;;;;. The zero-order valence-electron chi connectivity index (χ0n) is 37.1. The van der Waals surface area contributed by atoms with Crippen molar-refractivity contribution < 1.29 is 12.8 Å². The summed E-state index contributed by atoms with van der Waals surface area (Å²) in [4.78, 5) is 7.08. The zero-order chi connectivity index (χ0) is 37.4. The van der Waals surface area contributed by atoms with E-state index in [2.05, 4.69) is 181 Å². The number of hydrogen-bond acceptors (Lipinski definition) is 0. The summed E-state index contributed by atoms with van der Waals surface area (Å²) in [6, 6.07) is 17.6. The first-order chi connectivity index (χ1) is 23.3. The Kier molecular flexibility index (Phi) is 18.8. The summed E-state index contributed by atoms with van der Waals surface area (Å²) in [7, 11) is 0. The molecule has 4 aromatic carbocycles. The Morgan fingerprint density at radius 1 is 0.404 bits per heavy atom. The maximum atomic E-state index is 4.84. The number of rotatable bonds is 8. The van der Waals surface area contributed by atoms with Gasteiger partial charge in [-0.15, -0.1) is 11.4 Å². The van der Waals surface area contributed by atoms with E-state index < -0.39 is 0 Å². The minimum atomic E-state index is 0. The first-order valence-corrected chi connectivity index (χ1v) is 17.7. The summed E-state index contributed by atoms with van der Waals surface area (Å²) in [6.07, 6.45) is 4.22. The van der Waals surface area contributed by atoms with Crippen LogP contribution in [0.1, 0.15) is 97.3 Å². The number of allylic oxidation sites excluding steroid dienone is 4. The van der Waals surface area contributed by atoms with E-state index in [1.54, 1.807) is 0 Å². The molecule has 0 saturated carbocycles. The Morgan fingerprint density at radius 3 is 0.846 bits per heavy atom. The molecule has 0 saturated heterocycles. The Labute approximate surface area is 351 Å². The van der Waals surface area contributed by atoms with E-state index >= 15 is 0 Å². The van der Waals surface area contributed by atoms with Crippen LogP contribution < -0.4 is 9.98 Å². The van der Waals surface area contributed by atoms with Crippen molar-refractivity contribution in [3.63, 3.8) is 0 Å². The van der Waals surface area contributed by atoms with Crippen LogP contribution in [0.25, 0.3) is 10.6 Å². The van der Waals surface area contributed by atoms with Crippen LogP contribution in [0.5, 0.6) is 0 Å². The summed E-state index contributed by atoms with van der Waals surface area (Å²) in [5, 5.41) is 9.68. The van der Waals surface area contributed by atoms with Crippen LogP contribution in [0.4, 0.5) is 22.7 Å². The van der Waals surface area contributed by atoms with Gasteiger partial charge in [-0.1, -0.05) is 82.6 Å². The molecule has 4 aromatic rings. The van der Waals surface area contributed by atoms with E-state index in [0.717, 1.165) is 34.2 Å². The monoisotopic (exact) mass is 718 g/mol. The van der Waals surface area contributed by atoms with Gasteiger partial charge >= 0.3 is 46.1 Å². The van der Waals surface area contributed by atoms with Gasteiger partial charge in [0.05, 0.1) is 0 Å².